The molecule has 0 radical (unpaired) electrons. The van der Waals surface area contributed by atoms with Gasteiger partial charge in [-0.3, -0.25) is 0 Å². The van der Waals surface area contributed by atoms with E-state index in [0.717, 1.165) is 36.6 Å². The highest BCUT2D eigenvalue weighted by Crippen LogP contribution is 2.19. The standard InChI is InChI=1S/C15H17N3O/c1-2-4-12(5-3-1)11-19-14-9-17-15(18-10-14)13-6-7-16-8-13/h1-5,9-10,13,16H,6-8,11H2. The van der Waals surface area contributed by atoms with Gasteiger partial charge in [0.05, 0.1) is 12.4 Å². The second-order valence-corrected chi connectivity index (χ2v) is 4.74. The number of nitrogens with zero attached hydrogens (tertiary/aromatic N) is 2. The normalized spacial score (nSPS) is 18.4. The lowest BCUT2D eigenvalue weighted by Crippen LogP contribution is -2.10. The van der Waals surface area contributed by atoms with E-state index in [-0.39, 0.29) is 0 Å². The number of benzene rings is 1. The SMILES string of the molecule is c1ccc(COc2cnc(C3CCNC3)nc2)cc1. The number of nitrogens with one attached hydrogen (secondary N) is 1. The summed E-state index contributed by atoms with van der Waals surface area (Å²) in [6, 6.07) is 10.1. The highest BCUT2D eigenvalue weighted by atomic mass is 16.5. The Morgan fingerprint density at radius 2 is 1.95 bits per heavy atom. The van der Waals surface area contributed by atoms with Crippen molar-refractivity contribution in [2.24, 2.45) is 0 Å². The molecule has 3 rings (SSSR count). The molecule has 1 atom stereocenters. The summed E-state index contributed by atoms with van der Waals surface area (Å²) < 4.78 is 5.67. The molecule has 4 heteroatoms. The van der Waals surface area contributed by atoms with E-state index in [1.165, 1.54) is 0 Å². The van der Waals surface area contributed by atoms with Gasteiger partial charge >= 0.3 is 0 Å². The van der Waals surface area contributed by atoms with Crippen molar-refractivity contribution in [2.45, 2.75) is 18.9 Å². The predicted molar refractivity (Wildman–Crippen MR) is 73.0 cm³/mol. The minimum atomic E-state index is 0.447. The first kappa shape index (κ1) is 12.1. The Morgan fingerprint density at radius 1 is 1.16 bits per heavy atom. The van der Waals surface area contributed by atoms with E-state index in [1.54, 1.807) is 12.4 Å². The van der Waals surface area contributed by atoms with Crippen molar-refractivity contribution in [3.8, 4) is 5.75 Å². The molecule has 0 spiro atoms. The minimum Gasteiger partial charge on any atom is -0.486 e. The molecule has 98 valence electrons. The van der Waals surface area contributed by atoms with Gasteiger partial charge in [-0.25, -0.2) is 9.97 Å². The largest absolute Gasteiger partial charge is 0.486 e. The first-order valence-corrected chi connectivity index (χ1v) is 6.61. The smallest absolute Gasteiger partial charge is 0.156 e. The summed E-state index contributed by atoms with van der Waals surface area (Å²) in [5, 5.41) is 3.32. The second kappa shape index (κ2) is 5.80. The van der Waals surface area contributed by atoms with Gasteiger partial charge in [0.2, 0.25) is 0 Å². The van der Waals surface area contributed by atoms with Crippen LogP contribution in [0.5, 0.6) is 5.75 Å². The Bertz CT molecular complexity index is 507. The molecule has 0 bridgehead atoms. The number of ether oxygens (including phenoxy) is 1. The molecule has 19 heavy (non-hydrogen) atoms. The van der Waals surface area contributed by atoms with Crippen LogP contribution in [0.25, 0.3) is 0 Å². The molecule has 1 aliphatic rings. The summed E-state index contributed by atoms with van der Waals surface area (Å²) in [6.07, 6.45) is 4.65. The third kappa shape index (κ3) is 3.09. The molecular weight excluding hydrogens is 238 g/mol. The summed E-state index contributed by atoms with van der Waals surface area (Å²) in [7, 11) is 0. The molecule has 0 amide bonds. The van der Waals surface area contributed by atoms with Crippen LogP contribution in [0, 0.1) is 0 Å². The molecule has 1 aromatic carbocycles. The monoisotopic (exact) mass is 255 g/mol. The topological polar surface area (TPSA) is 47.0 Å². The molecule has 1 aromatic heterocycles. The number of rotatable bonds is 4. The van der Waals surface area contributed by atoms with E-state index >= 15 is 0 Å². The van der Waals surface area contributed by atoms with E-state index in [2.05, 4.69) is 15.3 Å². The van der Waals surface area contributed by atoms with Gasteiger partial charge in [-0.1, -0.05) is 30.3 Å². The Hall–Kier alpha value is -1.94. The van der Waals surface area contributed by atoms with Crippen molar-refractivity contribution in [1.82, 2.24) is 15.3 Å². The van der Waals surface area contributed by atoms with Crippen molar-refractivity contribution in [3.05, 3.63) is 54.1 Å². The van der Waals surface area contributed by atoms with Gasteiger partial charge < -0.3 is 10.1 Å². The van der Waals surface area contributed by atoms with Gasteiger partial charge in [-0.05, 0) is 18.5 Å². The van der Waals surface area contributed by atoms with Crippen LogP contribution in [0.1, 0.15) is 23.7 Å². The highest BCUT2D eigenvalue weighted by molar-refractivity contribution is 5.17. The van der Waals surface area contributed by atoms with E-state index in [1.807, 2.05) is 30.3 Å². The molecule has 4 nitrogen and oxygen atoms in total. The van der Waals surface area contributed by atoms with Crippen molar-refractivity contribution >= 4 is 0 Å². The van der Waals surface area contributed by atoms with Gasteiger partial charge in [-0.15, -0.1) is 0 Å². The van der Waals surface area contributed by atoms with Gasteiger partial charge in [0, 0.05) is 12.5 Å². The highest BCUT2D eigenvalue weighted by Gasteiger charge is 2.18. The zero-order valence-corrected chi connectivity index (χ0v) is 10.7. The second-order valence-electron chi connectivity index (χ2n) is 4.74. The van der Waals surface area contributed by atoms with Gasteiger partial charge in [0.15, 0.2) is 5.75 Å². The maximum atomic E-state index is 5.67. The number of hydrogen-bond donors (Lipinski definition) is 1. The maximum Gasteiger partial charge on any atom is 0.156 e. The van der Waals surface area contributed by atoms with E-state index in [9.17, 15) is 0 Å². The zero-order valence-electron chi connectivity index (χ0n) is 10.7. The third-order valence-corrected chi connectivity index (χ3v) is 3.32. The van der Waals surface area contributed by atoms with Gasteiger partial charge in [0.25, 0.3) is 0 Å². The summed E-state index contributed by atoms with van der Waals surface area (Å²) in [4.78, 5) is 8.79. The van der Waals surface area contributed by atoms with Crippen LogP contribution < -0.4 is 10.1 Å². The quantitative estimate of drug-likeness (QED) is 0.909. The minimum absolute atomic E-state index is 0.447. The lowest BCUT2D eigenvalue weighted by atomic mass is 10.1. The molecule has 1 N–H and O–H groups in total. The lowest BCUT2D eigenvalue weighted by molar-refractivity contribution is 0.303. The third-order valence-electron chi connectivity index (χ3n) is 3.32. The van der Waals surface area contributed by atoms with Crippen LogP contribution in [0.4, 0.5) is 0 Å². The van der Waals surface area contributed by atoms with Crippen molar-refractivity contribution in [1.29, 1.82) is 0 Å². The first-order valence-electron chi connectivity index (χ1n) is 6.61. The first-order chi connectivity index (χ1) is 9.42. The van der Waals surface area contributed by atoms with Crippen molar-refractivity contribution < 1.29 is 4.74 Å². The molecule has 1 aliphatic heterocycles. The molecule has 0 saturated carbocycles. The van der Waals surface area contributed by atoms with Gasteiger partial charge in [-0.2, -0.15) is 0 Å². The molecular formula is C15H17N3O. The maximum absolute atomic E-state index is 5.67. The number of hydrogen-bond acceptors (Lipinski definition) is 4. The van der Waals surface area contributed by atoms with E-state index in [0.29, 0.717) is 12.5 Å². The van der Waals surface area contributed by atoms with Crippen molar-refractivity contribution in [2.75, 3.05) is 13.1 Å². The molecule has 1 saturated heterocycles. The zero-order chi connectivity index (χ0) is 12.9. The Balaban J connectivity index is 1.60. The summed E-state index contributed by atoms with van der Waals surface area (Å²) >= 11 is 0. The van der Waals surface area contributed by atoms with E-state index < -0.39 is 0 Å². The lowest BCUT2D eigenvalue weighted by Gasteiger charge is -2.08. The fourth-order valence-corrected chi connectivity index (χ4v) is 2.23. The average molecular weight is 255 g/mol. The molecule has 1 fully saturated rings. The molecule has 1 unspecified atom stereocenters. The summed E-state index contributed by atoms with van der Waals surface area (Å²) in [5.41, 5.74) is 1.14. The van der Waals surface area contributed by atoms with Crippen LogP contribution in [0.2, 0.25) is 0 Å². The predicted octanol–water partition coefficient (Wildman–Crippen LogP) is 2.13. The fraction of sp³-hybridized carbons (Fsp3) is 0.333. The number of aromatic nitrogens is 2. The Labute approximate surface area is 112 Å². The Morgan fingerprint density at radius 3 is 2.63 bits per heavy atom. The van der Waals surface area contributed by atoms with Crippen molar-refractivity contribution in [3.63, 3.8) is 0 Å². The van der Waals surface area contributed by atoms with Crippen LogP contribution in [-0.2, 0) is 6.61 Å². The Kier molecular flexibility index (Phi) is 3.70. The van der Waals surface area contributed by atoms with Crippen LogP contribution >= 0.6 is 0 Å². The average Bonchev–Trinajstić information content (AvgIpc) is 3.01. The van der Waals surface area contributed by atoms with Gasteiger partial charge in [0.1, 0.15) is 12.4 Å². The molecule has 2 heterocycles. The fourth-order valence-electron chi connectivity index (χ4n) is 2.23. The summed E-state index contributed by atoms with van der Waals surface area (Å²) in [5.74, 6) is 2.08. The van der Waals surface area contributed by atoms with E-state index in [4.69, 9.17) is 4.74 Å². The molecule has 2 aromatic rings. The van der Waals surface area contributed by atoms with Crippen LogP contribution in [-0.4, -0.2) is 23.1 Å². The molecule has 0 aliphatic carbocycles. The summed E-state index contributed by atoms with van der Waals surface area (Å²) in [6.45, 7) is 2.58. The van der Waals surface area contributed by atoms with Crippen LogP contribution in [0.15, 0.2) is 42.7 Å². The van der Waals surface area contributed by atoms with Crippen LogP contribution in [0.3, 0.4) is 0 Å².